The summed E-state index contributed by atoms with van der Waals surface area (Å²) in [6.07, 6.45) is 0.927. The largest absolute Gasteiger partial charge is 0.496 e. The summed E-state index contributed by atoms with van der Waals surface area (Å²) in [6, 6.07) is 6.76. The van der Waals surface area contributed by atoms with Gasteiger partial charge in [0.2, 0.25) is 5.91 Å². The van der Waals surface area contributed by atoms with Gasteiger partial charge in [0.1, 0.15) is 11.6 Å². The Labute approximate surface area is 225 Å². The number of sulfonamides is 1. The van der Waals surface area contributed by atoms with Crippen molar-refractivity contribution in [3.05, 3.63) is 52.8 Å². The van der Waals surface area contributed by atoms with E-state index in [1.54, 1.807) is 33.1 Å². The van der Waals surface area contributed by atoms with Crippen molar-refractivity contribution >= 4 is 21.6 Å². The number of carbonyl (C=O) groups excluding carboxylic acids is 1. The van der Waals surface area contributed by atoms with Crippen molar-refractivity contribution < 1.29 is 22.3 Å². The van der Waals surface area contributed by atoms with Crippen molar-refractivity contribution in [3.8, 4) is 5.75 Å². The zero-order chi connectivity index (χ0) is 27.6. The highest BCUT2D eigenvalue weighted by atomic mass is 32.2. The number of benzene rings is 2. The first-order valence-corrected chi connectivity index (χ1v) is 14.6. The van der Waals surface area contributed by atoms with E-state index in [0.29, 0.717) is 29.1 Å². The Kier molecular flexibility index (Phi) is 8.64. The molecule has 0 unspecified atom stereocenters. The summed E-state index contributed by atoms with van der Waals surface area (Å²) in [5.74, 6) is -0.469. The molecule has 1 amide bonds. The summed E-state index contributed by atoms with van der Waals surface area (Å²) in [6.45, 7) is 11.0. The lowest BCUT2D eigenvalue weighted by Gasteiger charge is -2.32. The molecule has 1 fully saturated rings. The molecule has 2 aliphatic heterocycles. The van der Waals surface area contributed by atoms with Crippen LogP contribution in [0.2, 0.25) is 0 Å². The van der Waals surface area contributed by atoms with Gasteiger partial charge in [-0.25, -0.2) is 12.8 Å². The SMILES string of the molecule is COc1ccc(S(=O)(=O)N2c3ccc(F)cc3[C@H](CC(=O)NCCCN3CCN(C)CC3)[C@H]2C)c(C)c1C. The van der Waals surface area contributed by atoms with Crippen LogP contribution < -0.4 is 14.4 Å². The number of anilines is 1. The van der Waals surface area contributed by atoms with Crippen LogP contribution in [-0.4, -0.2) is 83.6 Å². The molecular formula is C28H39FN4O4S. The third kappa shape index (κ3) is 5.67. The third-order valence-corrected chi connectivity index (χ3v) is 10.0. The predicted molar refractivity (Wildman–Crippen MR) is 147 cm³/mol. The third-order valence-electron chi connectivity index (χ3n) is 8.00. The van der Waals surface area contributed by atoms with E-state index in [2.05, 4.69) is 22.2 Å². The zero-order valence-electron chi connectivity index (χ0n) is 23.0. The summed E-state index contributed by atoms with van der Waals surface area (Å²) in [4.78, 5) is 17.8. The molecule has 38 heavy (non-hydrogen) atoms. The number of halogens is 1. The molecule has 2 aromatic carbocycles. The van der Waals surface area contributed by atoms with Crippen LogP contribution in [0.15, 0.2) is 35.2 Å². The molecular weight excluding hydrogens is 507 g/mol. The van der Waals surface area contributed by atoms with Gasteiger partial charge in [-0.1, -0.05) is 0 Å². The van der Waals surface area contributed by atoms with Gasteiger partial charge in [0.05, 0.1) is 23.7 Å². The van der Waals surface area contributed by atoms with Crippen LogP contribution in [0.3, 0.4) is 0 Å². The monoisotopic (exact) mass is 546 g/mol. The molecule has 0 radical (unpaired) electrons. The smallest absolute Gasteiger partial charge is 0.264 e. The molecule has 0 spiro atoms. The van der Waals surface area contributed by atoms with Crippen LogP contribution in [0.5, 0.6) is 5.75 Å². The van der Waals surface area contributed by atoms with E-state index in [9.17, 15) is 17.6 Å². The first kappa shape index (κ1) is 28.3. The van der Waals surface area contributed by atoms with Gasteiger partial charge in [0.25, 0.3) is 10.0 Å². The molecule has 0 aliphatic carbocycles. The minimum Gasteiger partial charge on any atom is -0.496 e. The number of nitrogens with one attached hydrogen (secondary N) is 1. The molecule has 0 bridgehead atoms. The normalized spacial score (nSPS) is 20.4. The Morgan fingerprint density at radius 3 is 2.50 bits per heavy atom. The number of hydrogen-bond acceptors (Lipinski definition) is 6. The van der Waals surface area contributed by atoms with Crippen molar-refractivity contribution in [2.24, 2.45) is 0 Å². The fraction of sp³-hybridized carbons (Fsp3) is 0.536. The lowest BCUT2D eigenvalue weighted by atomic mass is 9.92. The molecule has 2 aliphatic rings. The minimum atomic E-state index is -3.98. The fourth-order valence-electron chi connectivity index (χ4n) is 5.55. The van der Waals surface area contributed by atoms with Crippen molar-refractivity contribution in [3.63, 3.8) is 0 Å². The van der Waals surface area contributed by atoms with Gasteiger partial charge in [0, 0.05) is 45.1 Å². The lowest BCUT2D eigenvalue weighted by Crippen LogP contribution is -2.45. The van der Waals surface area contributed by atoms with E-state index in [1.165, 1.54) is 22.5 Å². The maximum Gasteiger partial charge on any atom is 0.264 e. The second kappa shape index (κ2) is 11.6. The lowest BCUT2D eigenvalue weighted by molar-refractivity contribution is -0.121. The van der Waals surface area contributed by atoms with Crippen molar-refractivity contribution in [1.82, 2.24) is 15.1 Å². The molecule has 2 heterocycles. The number of nitrogens with zero attached hydrogens (tertiary/aromatic N) is 3. The highest BCUT2D eigenvalue weighted by Gasteiger charge is 2.44. The molecule has 208 valence electrons. The van der Waals surface area contributed by atoms with Gasteiger partial charge >= 0.3 is 0 Å². The van der Waals surface area contributed by atoms with Gasteiger partial charge in [-0.15, -0.1) is 0 Å². The van der Waals surface area contributed by atoms with Gasteiger partial charge in [0.15, 0.2) is 0 Å². The second-order valence-corrected chi connectivity index (χ2v) is 12.2. The van der Waals surface area contributed by atoms with Crippen molar-refractivity contribution in [2.75, 3.05) is 57.7 Å². The molecule has 8 nitrogen and oxygen atoms in total. The molecule has 1 N–H and O–H groups in total. The summed E-state index contributed by atoms with van der Waals surface area (Å²) in [5, 5.41) is 2.99. The second-order valence-electron chi connectivity index (χ2n) is 10.4. The van der Waals surface area contributed by atoms with Gasteiger partial charge < -0.3 is 19.9 Å². The number of piperazine rings is 1. The molecule has 2 atom stereocenters. The molecule has 0 aromatic heterocycles. The average molecular weight is 547 g/mol. The average Bonchev–Trinajstić information content (AvgIpc) is 3.15. The summed E-state index contributed by atoms with van der Waals surface area (Å²) in [7, 11) is -0.314. The number of carbonyl (C=O) groups is 1. The zero-order valence-corrected chi connectivity index (χ0v) is 23.8. The number of amides is 1. The van der Waals surface area contributed by atoms with Crippen molar-refractivity contribution in [2.45, 2.75) is 50.5 Å². The van der Waals surface area contributed by atoms with E-state index in [-0.39, 0.29) is 17.2 Å². The number of methoxy groups -OCH3 is 1. The van der Waals surface area contributed by atoms with E-state index >= 15 is 0 Å². The van der Waals surface area contributed by atoms with E-state index in [4.69, 9.17) is 4.74 Å². The highest BCUT2D eigenvalue weighted by Crippen LogP contribution is 2.46. The topological polar surface area (TPSA) is 82.2 Å². The number of likely N-dealkylation sites (N-methyl/N-ethyl adjacent to an activating group) is 1. The minimum absolute atomic E-state index is 0.0821. The van der Waals surface area contributed by atoms with Crippen molar-refractivity contribution in [1.29, 1.82) is 0 Å². The number of hydrogen-bond donors (Lipinski definition) is 1. The maximum atomic E-state index is 14.3. The van der Waals surface area contributed by atoms with E-state index < -0.39 is 27.8 Å². The quantitative estimate of drug-likeness (QED) is 0.487. The number of rotatable bonds is 9. The first-order chi connectivity index (χ1) is 18.0. The van der Waals surface area contributed by atoms with Gasteiger partial charge in [-0.3, -0.25) is 9.10 Å². The molecule has 0 saturated carbocycles. The van der Waals surface area contributed by atoms with Crippen LogP contribution in [0, 0.1) is 19.7 Å². The highest BCUT2D eigenvalue weighted by molar-refractivity contribution is 7.93. The maximum absolute atomic E-state index is 14.3. The molecule has 1 saturated heterocycles. The van der Waals surface area contributed by atoms with Crippen LogP contribution >= 0.6 is 0 Å². The fourth-order valence-corrected chi connectivity index (χ4v) is 7.55. The van der Waals surface area contributed by atoms with Gasteiger partial charge in [-0.05, 0) is 87.8 Å². The Hall–Kier alpha value is -2.69. The Morgan fingerprint density at radius 1 is 1.11 bits per heavy atom. The standard InChI is InChI=1S/C28H39FN4O4S/c1-19-20(2)27(10-9-26(19)37-5)38(35,36)33-21(3)23(24-17-22(29)7-8-25(24)33)18-28(34)30-11-6-12-32-15-13-31(4)14-16-32/h7-10,17,21,23H,6,11-16,18H2,1-5H3,(H,30,34)/t21-,23-/m1/s1. The van der Waals surface area contributed by atoms with Gasteiger partial charge in [-0.2, -0.15) is 0 Å². The summed E-state index contributed by atoms with van der Waals surface area (Å²) in [5.41, 5.74) is 2.30. The van der Waals surface area contributed by atoms with Crippen LogP contribution in [0.1, 0.15) is 42.4 Å². The van der Waals surface area contributed by atoms with E-state index in [1.807, 2.05) is 6.92 Å². The number of fused-ring (bicyclic) bond motifs is 1. The van der Waals surface area contributed by atoms with Crippen LogP contribution in [-0.2, 0) is 14.8 Å². The predicted octanol–water partition coefficient (Wildman–Crippen LogP) is 3.28. The first-order valence-electron chi connectivity index (χ1n) is 13.2. The number of ether oxygens (including phenoxy) is 1. The van der Waals surface area contributed by atoms with Crippen LogP contribution in [0.25, 0.3) is 0 Å². The van der Waals surface area contributed by atoms with Crippen LogP contribution in [0.4, 0.5) is 10.1 Å². The Bertz CT molecular complexity index is 1280. The Balaban J connectivity index is 1.49. The van der Waals surface area contributed by atoms with E-state index in [0.717, 1.165) is 44.7 Å². The summed E-state index contributed by atoms with van der Waals surface area (Å²) < 4.78 is 48.9. The molecule has 4 rings (SSSR count). The Morgan fingerprint density at radius 2 is 1.82 bits per heavy atom. The molecule has 2 aromatic rings. The summed E-state index contributed by atoms with van der Waals surface area (Å²) >= 11 is 0. The molecule has 10 heteroatoms.